The zero-order valence-electron chi connectivity index (χ0n) is 18.2. The molecule has 1 heterocycles. The van der Waals surface area contributed by atoms with Gasteiger partial charge in [-0.15, -0.1) is 0 Å². The second-order valence-electron chi connectivity index (χ2n) is 7.38. The van der Waals surface area contributed by atoms with E-state index in [9.17, 15) is 35.1 Å². The summed E-state index contributed by atoms with van der Waals surface area (Å²) < 4.78 is 5.59. The van der Waals surface area contributed by atoms with Crippen LogP contribution in [0.4, 0.5) is 16.2 Å². The van der Waals surface area contributed by atoms with E-state index in [0.717, 1.165) is 34.9 Å². The summed E-state index contributed by atoms with van der Waals surface area (Å²) in [6.45, 7) is -0.0430. The number of nitriles is 1. The van der Waals surface area contributed by atoms with E-state index < -0.39 is 32.4 Å². The predicted molar refractivity (Wildman–Crippen MR) is 129 cm³/mol. The molecule has 36 heavy (non-hydrogen) atoms. The van der Waals surface area contributed by atoms with Crippen molar-refractivity contribution in [2.75, 3.05) is 0 Å². The zero-order valence-corrected chi connectivity index (χ0v) is 19.0. The van der Waals surface area contributed by atoms with Gasteiger partial charge in [-0.25, -0.2) is 0 Å². The number of hydrogen-bond donors (Lipinski definition) is 0. The van der Waals surface area contributed by atoms with Crippen molar-refractivity contribution in [2.45, 2.75) is 6.54 Å². The lowest BCUT2D eigenvalue weighted by Gasteiger charge is -2.13. The highest BCUT2D eigenvalue weighted by atomic mass is 32.2. The Balaban J connectivity index is 1.56. The Morgan fingerprint density at radius 1 is 1.00 bits per heavy atom. The number of nitrogens with zero attached hydrogens (tertiary/aromatic N) is 4. The van der Waals surface area contributed by atoms with Gasteiger partial charge < -0.3 is 4.74 Å². The molecule has 178 valence electrons. The summed E-state index contributed by atoms with van der Waals surface area (Å²) >= 11 is 0.751. The van der Waals surface area contributed by atoms with Gasteiger partial charge in [-0.2, -0.15) is 5.26 Å². The molecule has 1 saturated heterocycles. The normalized spacial score (nSPS) is 14.1. The number of imide groups is 1. The van der Waals surface area contributed by atoms with E-state index in [1.165, 1.54) is 18.2 Å². The number of carbonyl (C=O) groups is 2. The molecule has 0 spiro atoms. The topological polar surface area (TPSA) is 157 Å². The van der Waals surface area contributed by atoms with Crippen LogP contribution in [0.1, 0.15) is 16.7 Å². The van der Waals surface area contributed by atoms with Gasteiger partial charge in [0.1, 0.15) is 5.75 Å². The Bertz CT molecular complexity index is 1500. The molecule has 0 radical (unpaired) electrons. The molecule has 1 fully saturated rings. The summed E-state index contributed by atoms with van der Waals surface area (Å²) in [5.41, 5.74) is 0.374. The molecule has 3 aromatic rings. The lowest BCUT2D eigenvalue weighted by Crippen LogP contribution is -2.27. The first kappa shape index (κ1) is 24.1. The number of benzene rings is 3. The third-order valence-electron chi connectivity index (χ3n) is 5.07. The van der Waals surface area contributed by atoms with E-state index in [4.69, 9.17) is 4.74 Å². The van der Waals surface area contributed by atoms with Crippen LogP contribution in [0.2, 0.25) is 0 Å². The third-order valence-corrected chi connectivity index (χ3v) is 5.98. The van der Waals surface area contributed by atoms with E-state index in [2.05, 4.69) is 0 Å². The molecule has 1 aliphatic rings. The van der Waals surface area contributed by atoms with Crippen molar-refractivity contribution in [3.05, 3.63) is 109 Å². The first-order valence-electron chi connectivity index (χ1n) is 10.2. The molecule has 4 rings (SSSR count). The van der Waals surface area contributed by atoms with Crippen LogP contribution in [0.5, 0.6) is 11.5 Å². The molecule has 3 aromatic carbocycles. The van der Waals surface area contributed by atoms with Crippen molar-refractivity contribution >= 4 is 40.4 Å². The minimum Gasteiger partial charge on any atom is -0.450 e. The van der Waals surface area contributed by atoms with E-state index >= 15 is 0 Å². The van der Waals surface area contributed by atoms with E-state index in [1.54, 1.807) is 36.4 Å². The van der Waals surface area contributed by atoms with Crippen molar-refractivity contribution < 1.29 is 24.2 Å². The molecule has 0 bridgehead atoms. The Morgan fingerprint density at radius 3 is 2.50 bits per heavy atom. The Labute approximate surface area is 207 Å². The summed E-state index contributed by atoms with van der Waals surface area (Å²) in [7, 11) is 0. The number of nitro benzene ring substituents is 2. The fourth-order valence-corrected chi connectivity index (χ4v) is 4.21. The highest BCUT2D eigenvalue weighted by Gasteiger charge is 2.35. The number of hydrogen-bond acceptors (Lipinski definition) is 9. The average molecular weight is 502 g/mol. The minimum absolute atomic E-state index is 0.0430. The number of ether oxygens (including phenoxy) is 1. The smallest absolute Gasteiger partial charge is 0.318 e. The fraction of sp³-hybridized carbons (Fsp3) is 0.0417. The van der Waals surface area contributed by atoms with E-state index in [-0.39, 0.29) is 22.9 Å². The first-order chi connectivity index (χ1) is 17.3. The van der Waals surface area contributed by atoms with Crippen LogP contribution in [0.3, 0.4) is 0 Å². The molecule has 0 unspecified atom stereocenters. The van der Waals surface area contributed by atoms with Crippen molar-refractivity contribution in [3.8, 4) is 17.6 Å². The molecule has 0 aromatic heterocycles. The highest BCUT2D eigenvalue weighted by molar-refractivity contribution is 8.18. The second kappa shape index (κ2) is 10.1. The maximum atomic E-state index is 12.9. The minimum atomic E-state index is -0.785. The monoisotopic (exact) mass is 502 g/mol. The molecule has 1 aliphatic heterocycles. The molecule has 11 nitrogen and oxygen atoms in total. The van der Waals surface area contributed by atoms with Crippen LogP contribution >= 0.6 is 11.8 Å². The standard InChI is InChI=1S/C24H14N4O7S/c25-13-16-5-1-2-6-17(16)14-26-23(29)22(36-24(26)30)11-15-4-3-7-19(10-15)35-21-9-8-18(27(31)32)12-20(21)28(33)34/h1-12H,14H2/b22-11+. The van der Waals surface area contributed by atoms with Crippen LogP contribution < -0.4 is 4.74 Å². The van der Waals surface area contributed by atoms with Gasteiger partial charge in [0.15, 0.2) is 0 Å². The number of rotatable bonds is 7. The summed E-state index contributed by atoms with van der Waals surface area (Å²) in [5, 5.41) is 31.1. The van der Waals surface area contributed by atoms with Crippen LogP contribution in [0.15, 0.2) is 71.6 Å². The van der Waals surface area contributed by atoms with Gasteiger partial charge in [0.05, 0.1) is 39.0 Å². The Morgan fingerprint density at radius 2 is 1.78 bits per heavy atom. The molecule has 0 N–H and O–H groups in total. The average Bonchev–Trinajstić information content (AvgIpc) is 3.11. The molecule has 0 aliphatic carbocycles. The molecular formula is C24H14N4O7S. The molecular weight excluding hydrogens is 488 g/mol. The quantitative estimate of drug-likeness (QED) is 0.234. The molecule has 2 amide bonds. The van der Waals surface area contributed by atoms with Crippen molar-refractivity contribution in [3.63, 3.8) is 0 Å². The van der Waals surface area contributed by atoms with E-state index in [0.29, 0.717) is 16.7 Å². The number of amides is 2. The number of nitro groups is 2. The van der Waals surface area contributed by atoms with Crippen molar-refractivity contribution in [2.24, 2.45) is 0 Å². The van der Waals surface area contributed by atoms with Crippen LogP contribution in [-0.2, 0) is 11.3 Å². The Kier molecular flexibility index (Phi) is 6.75. The van der Waals surface area contributed by atoms with Crippen LogP contribution in [-0.4, -0.2) is 25.9 Å². The zero-order chi connectivity index (χ0) is 25.8. The van der Waals surface area contributed by atoms with Crippen molar-refractivity contribution in [1.82, 2.24) is 4.90 Å². The van der Waals surface area contributed by atoms with Gasteiger partial charge in [0.25, 0.3) is 16.8 Å². The van der Waals surface area contributed by atoms with Crippen LogP contribution in [0.25, 0.3) is 6.08 Å². The second-order valence-corrected chi connectivity index (χ2v) is 8.37. The lowest BCUT2D eigenvalue weighted by molar-refractivity contribution is -0.394. The fourth-order valence-electron chi connectivity index (χ4n) is 3.37. The van der Waals surface area contributed by atoms with Gasteiger partial charge in [-0.05, 0) is 53.2 Å². The molecule has 0 saturated carbocycles. The summed E-state index contributed by atoms with van der Waals surface area (Å²) in [6.07, 6.45) is 1.48. The summed E-state index contributed by atoms with van der Waals surface area (Å²) in [5.74, 6) is -0.530. The van der Waals surface area contributed by atoms with Gasteiger partial charge in [0.2, 0.25) is 5.75 Å². The van der Waals surface area contributed by atoms with Crippen LogP contribution in [0, 0.1) is 31.6 Å². The Hall–Kier alpha value is -5.02. The summed E-state index contributed by atoms with van der Waals surface area (Å²) in [4.78, 5) is 47.3. The first-order valence-corrected chi connectivity index (χ1v) is 11.0. The molecule has 12 heteroatoms. The lowest BCUT2D eigenvalue weighted by atomic mass is 10.1. The SMILES string of the molecule is N#Cc1ccccc1CN1C(=O)S/C(=C/c2cccc(Oc3ccc([N+](=O)[O-])cc3[N+](=O)[O-])c2)C1=O. The van der Waals surface area contributed by atoms with E-state index in [1.807, 2.05) is 6.07 Å². The summed E-state index contributed by atoms with van der Waals surface area (Å²) in [6, 6.07) is 18.0. The van der Waals surface area contributed by atoms with Crippen molar-refractivity contribution in [1.29, 1.82) is 5.26 Å². The largest absolute Gasteiger partial charge is 0.450 e. The van der Waals surface area contributed by atoms with Gasteiger partial charge in [-0.1, -0.05) is 30.3 Å². The molecule has 0 atom stereocenters. The van der Waals surface area contributed by atoms with Gasteiger partial charge in [0, 0.05) is 6.07 Å². The number of thioether (sulfide) groups is 1. The highest BCUT2D eigenvalue weighted by Crippen LogP contribution is 2.36. The third kappa shape index (κ3) is 5.06. The number of carbonyl (C=O) groups excluding carboxylic acids is 2. The predicted octanol–water partition coefficient (Wildman–Crippen LogP) is 5.40. The van der Waals surface area contributed by atoms with Gasteiger partial charge in [-0.3, -0.25) is 34.7 Å². The maximum absolute atomic E-state index is 12.9. The maximum Gasteiger partial charge on any atom is 0.318 e. The van der Waals surface area contributed by atoms with Gasteiger partial charge >= 0.3 is 5.69 Å². The number of non-ortho nitro benzene ring substituents is 1.